The molecule has 0 aliphatic carbocycles. The lowest BCUT2D eigenvalue weighted by molar-refractivity contribution is 0.385. The van der Waals surface area contributed by atoms with Crippen LogP contribution in [0.3, 0.4) is 0 Å². The highest BCUT2D eigenvalue weighted by atomic mass is 32.2. The molecule has 0 unspecified atom stereocenters. The number of anilines is 1. The van der Waals surface area contributed by atoms with E-state index in [2.05, 4.69) is 0 Å². The minimum Gasteiger partial charge on any atom is -0.495 e. The molecule has 0 fully saturated rings. The highest BCUT2D eigenvalue weighted by molar-refractivity contribution is 7.89. The molecule has 0 spiro atoms. The zero-order valence-electron chi connectivity index (χ0n) is 10.9. The van der Waals surface area contributed by atoms with E-state index in [-0.39, 0.29) is 16.3 Å². The van der Waals surface area contributed by atoms with Crippen molar-refractivity contribution in [3.05, 3.63) is 12.1 Å². The summed E-state index contributed by atoms with van der Waals surface area (Å²) in [5, 5.41) is 0. The third-order valence-electron chi connectivity index (χ3n) is 2.65. The number of methoxy groups -OCH3 is 2. The van der Waals surface area contributed by atoms with Gasteiger partial charge in [-0.15, -0.1) is 0 Å². The standard InChI is InChI=1S/C11H18N2O4S/c1-5-13(2)18(14,15)11-6-8(12)9(16-3)7-10(11)17-4/h6-7H,5,12H2,1-4H3. The van der Waals surface area contributed by atoms with Gasteiger partial charge in [-0.05, 0) is 6.07 Å². The Morgan fingerprint density at radius 3 is 2.22 bits per heavy atom. The molecule has 2 N–H and O–H groups in total. The van der Waals surface area contributed by atoms with Gasteiger partial charge in [0.15, 0.2) is 0 Å². The number of nitrogens with zero attached hydrogens (tertiary/aromatic N) is 1. The van der Waals surface area contributed by atoms with Crippen LogP contribution in [0.5, 0.6) is 11.5 Å². The van der Waals surface area contributed by atoms with E-state index in [0.29, 0.717) is 12.3 Å². The van der Waals surface area contributed by atoms with Crippen molar-refractivity contribution in [2.24, 2.45) is 0 Å². The minimum atomic E-state index is -3.61. The zero-order chi connectivity index (χ0) is 13.9. The Morgan fingerprint density at radius 2 is 1.78 bits per heavy atom. The second-order valence-electron chi connectivity index (χ2n) is 3.66. The van der Waals surface area contributed by atoms with Crippen LogP contribution in [0.4, 0.5) is 5.69 Å². The maximum absolute atomic E-state index is 12.2. The van der Waals surface area contributed by atoms with Crippen molar-refractivity contribution in [3.8, 4) is 11.5 Å². The summed E-state index contributed by atoms with van der Waals surface area (Å²) in [6, 6.07) is 2.81. The van der Waals surface area contributed by atoms with Crippen LogP contribution in [-0.4, -0.2) is 40.5 Å². The van der Waals surface area contributed by atoms with Gasteiger partial charge in [-0.2, -0.15) is 0 Å². The lowest BCUT2D eigenvalue weighted by Gasteiger charge is -2.18. The van der Waals surface area contributed by atoms with Crippen LogP contribution < -0.4 is 15.2 Å². The molecule has 0 bridgehead atoms. The molecule has 18 heavy (non-hydrogen) atoms. The first-order valence-corrected chi connectivity index (χ1v) is 6.80. The van der Waals surface area contributed by atoms with E-state index in [4.69, 9.17) is 15.2 Å². The zero-order valence-corrected chi connectivity index (χ0v) is 11.7. The SMILES string of the molecule is CCN(C)S(=O)(=O)c1cc(N)c(OC)cc1OC. The summed E-state index contributed by atoms with van der Waals surface area (Å²) in [5.41, 5.74) is 5.98. The van der Waals surface area contributed by atoms with Crippen molar-refractivity contribution in [1.82, 2.24) is 4.31 Å². The van der Waals surface area contributed by atoms with E-state index in [1.807, 2.05) is 0 Å². The van der Waals surface area contributed by atoms with Crippen LogP contribution in [0.25, 0.3) is 0 Å². The molecule has 1 aromatic rings. The van der Waals surface area contributed by atoms with Crippen molar-refractivity contribution < 1.29 is 17.9 Å². The maximum Gasteiger partial charge on any atom is 0.246 e. The van der Waals surface area contributed by atoms with Crippen LogP contribution in [-0.2, 0) is 10.0 Å². The number of rotatable bonds is 5. The summed E-state index contributed by atoms with van der Waals surface area (Å²) in [5.74, 6) is 0.589. The smallest absolute Gasteiger partial charge is 0.246 e. The monoisotopic (exact) mass is 274 g/mol. The van der Waals surface area contributed by atoms with Crippen molar-refractivity contribution in [1.29, 1.82) is 0 Å². The molecule has 0 heterocycles. The van der Waals surface area contributed by atoms with Gasteiger partial charge in [0.05, 0.1) is 19.9 Å². The first-order valence-electron chi connectivity index (χ1n) is 5.36. The molecule has 1 aromatic carbocycles. The largest absolute Gasteiger partial charge is 0.495 e. The van der Waals surface area contributed by atoms with Crippen LogP contribution >= 0.6 is 0 Å². The number of benzene rings is 1. The second-order valence-corrected chi connectivity index (χ2v) is 5.68. The summed E-state index contributed by atoms with van der Waals surface area (Å²) in [6.45, 7) is 2.11. The molecule has 0 radical (unpaired) electrons. The highest BCUT2D eigenvalue weighted by Crippen LogP contribution is 2.34. The number of nitrogens with two attached hydrogens (primary N) is 1. The van der Waals surface area contributed by atoms with Crippen LogP contribution in [0.1, 0.15) is 6.92 Å². The molecule has 0 aliphatic heterocycles. The Balaban J connectivity index is 3.46. The average Bonchev–Trinajstić information content (AvgIpc) is 2.37. The van der Waals surface area contributed by atoms with Crippen molar-refractivity contribution in [2.75, 3.05) is 33.5 Å². The van der Waals surface area contributed by atoms with Crippen molar-refractivity contribution in [2.45, 2.75) is 11.8 Å². The first-order chi connectivity index (χ1) is 8.38. The van der Waals surface area contributed by atoms with E-state index in [1.54, 1.807) is 6.92 Å². The molecule has 0 saturated carbocycles. The van der Waals surface area contributed by atoms with E-state index in [1.165, 1.54) is 37.7 Å². The Morgan fingerprint density at radius 1 is 1.22 bits per heavy atom. The minimum absolute atomic E-state index is 0.0349. The quantitative estimate of drug-likeness (QED) is 0.808. The van der Waals surface area contributed by atoms with E-state index < -0.39 is 10.0 Å². The third kappa shape index (κ3) is 2.51. The van der Waals surface area contributed by atoms with Gasteiger partial charge in [0.2, 0.25) is 10.0 Å². The van der Waals surface area contributed by atoms with E-state index in [9.17, 15) is 8.42 Å². The maximum atomic E-state index is 12.2. The molecule has 0 amide bonds. The molecule has 0 aromatic heterocycles. The summed E-state index contributed by atoms with van der Waals surface area (Å²) in [7, 11) is 0.743. The van der Waals surface area contributed by atoms with Gasteiger partial charge in [-0.3, -0.25) is 0 Å². The van der Waals surface area contributed by atoms with Crippen LogP contribution in [0.15, 0.2) is 17.0 Å². The molecule has 1 rings (SSSR count). The lowest BCUT2D eigenvalue weighted by atomic mass is 10.3. The van der Waals surface area contributed by atoms with Gasteiger partial charge in [0.1, 0.15) is 16.4 Å². The third-order valence-corrected chi connectivity index (χ3v) is 4.60. The number of hydrogen-bond acceptors (Lipinski definition) is 5. The van der Waals surface area contributed by atoms with Gasteiger partial charge >= 0.3 is 0 Å². The van der Waals surface area contributed by atoms with Crippen LogP contribution in [0, 0.1) is 0 Å². The molecule has 7 heteroatoms. The fraction of sp³-hybridized carbons (Fsp3) is 0.455. The van der Waals surface area contributed by atoms with Gasteiger partial charge in [-0.1, -0.05) is 6.92 Å². The second kappa shape index (κ2) is 5.45. The van der Waals surface area contributed by atoms with E-state index >= 15 is 0 Å². The number of hydrogen-bond donors (Lipinski definition) is 1. The van der Waals surface area contributed by atoms with Crippen molar-refractivity contribution >= 4 is 15.7 Å². The highest BCUT2D eigenvalue weighted by Gasteiger charge is 2.25. The summed E-state index contributed by atoms with van der Waals surface area (Å²) in [6.07, 6.45) is 0. The molecular weight excluding hydrogens is 256 g/mol. The number of ether oxygens (including phenoxy) is 2. The molecule has 0 atom stereocenters. The van der Waals surface area contributed by atoms with Gasteiger partial charge < -0.3 is 15.2 Å². The molecule has 0 saturated heterocycles. The predicted molar refractivity (Wildman–Crippen MR) is 69.4 cm³/mol. The van der Waals surface area contributed by atoms with Gasteiger partial charge in [0.25, 0.3) is 0 Å². The number of nitrogen functional groups attached to an aromatic ring is 1. The fourth-order valence-corrected chi connectivity index (χ4v) is 2.78. The Hall–Kier alpha value is -1.47. The number of sulfonamides is 1. The Kier molecular flexibility index (Phi) is 4.42. The van der Waals surface area contributed by atoms with Crippen molar-refractivity contribution in [3.63, 3.8) is 0 Å². The van der Waals surface area contributed by atoms with E-state index in [0.717, 1.165) is 0 Å². The topological polar surface area (TPSA) is 81.9 Å². The molecule has 102 valence electrons. The molecule has 6 nitrogen and oxygen atoms in total. The summed E-state index contributed by atoms with van der Waals surface area (Å²) >= 11 is 0. The van der Waals surface area contributed by atoms with Crippen LogP contribution in [0.2, 0.25) is 0 Å². The summed E-state index contributed by atoms with van der Waals surface area (Å²) in [4.78, 5) is 0.0349. The first kappa shape index (κ1) is 14.6. The molecule has 0 aliphatic rings. The van der Waals surface area contributed by atoms with Gasteiger partial charge in [0, 0.05) is 19.7 Å². The normalized spacial score (nSPS) is 11.6. The Labute approximate surface area is 107 Å². The van der Waals surface area contributed by atoms with Gasteiger partial charge in [-0.25, -0.2) is 12.7 Å². The molecular formula is C11H18N2O4S. The summed E-state index contributed by atoms with van der Waals surface area (Å²) < 4.78 is 35.8. The Bertz CT molecular complexity index is 528. The lowest BCUT2D eigenvalue weighted by Crippen LogP contribution is -2.27. The predicted octanol–water partition coefficient (Wildman–Crippen LogP) is 0.926. The average molecular weight is 274 g/mol. The fourth-order valence-electron chi connectivity index (χ4n) is 1.43.